The Morgan fingerprint density at radius 1 is 1.73 bits per heavy atom. The second-order valence-corrected chi connectivity index (χ2v) is 5.15. The molecule has 0 radical (unpaired) electrons. The number of carbonyl (C=O) groups is 1. The van der Waals surface area contributed by atoms with Gasteiger partial charge in [0.25, 0.3) is 0 Å². The van der Waals surface area contributed by atoms with Crippen LogP contribution in [0.4, 0.5) is 5.13 Å². The van der Waals surface area contributed by atoms with Crippen LogP contribution in [0, 0.1) is 6.92 Å². The van der Waals surface area contributed by atoms with Crippen molar-refractivity contribution in [3.63, 3.8) is 0 Å². The van der Waals surface area contributed by atoms with Crippen molar-refractivity contribution in [2.75, 3.05) is 17.3 Å². The molecule has 1 atom stereocenters. The van der Waals surface area contributed by atoms with Gasteiger partial charge in [0.1, 0.15) is 4.88 Å². The number of hydrogen-bond acceptors (Lipinski definition) is 5. The zero-order valence-corrected chi connectivity index (χ0v) is 10.5. The summed E-state index contributed by atoms with van der Waals surface area (Å²) in [6.45, 7) is 3.76. The van der Waals surface area contributed by atoms with Crippen molar-refractivity contribution >= 4 is 34.2 Å². The van der Waals surface area contributed by atoms with E-state index in [1.165, 1.54) is 11.3 Å². The molecule has 0 aromatic carbocycles. The average Bonchev–Trinajstić information content (AvgIpc) is 2.47. The summed E-state index contributed by atoms with van der Waals surface area (Å²) in [7, 11) is 0. The first-order valence-corrected chi connectivity index (χ1v) is 6.71. The summed E-state index contributed by atoms with van der Waals surface area (Å²) in [5.74, 6) is 0.0664. The van der Waals surface area contributed by atoms with Gasteiger partial charge in [-0.05, 0) is 20.1 Å². The van der Waals surface area contributed by atoms with Crippen molar-refractivity contribution in [1.82, 2.24) is 4.98 Å². The summed E-state index contributed by atoms with van der Waals surface area (Å²) in [5.41, 5.74) is 0.575. The van der Waals surface area contributed by atoms with Gasteiger partial charge in [-0.2, -0.15) is 11.8 Å². The van der Waals surface area contributed by atoms with Gasteiger partial charge in [-0.15, -0.1) is 0 Å². The molecule has 15 heavy (non-hydrogen) atoms. The van der Waals surface area contributed by atoms with Crippen LogP contribution < -0.4 is 5.32 Å². The summed E-state index contributed by atoms with van der Waals surface area (Å²) in [4.78, 5) is 15.3. The molecule has 0 spiro atoms. The quantitative estimate of drug-likeness (QED) is 0.834. The maximum Gasteiger partial charge on any atom is 0.347 e. The molecule has 0 aliphatic carbocycles. The highest BCUT2D eigenvalue weighted by Gasteiger charge is 2.14. The fourth-order valence-corrected chi connectivity index (χ4v) is 2.66. The first kappa shape index (κ1) is 12.3. The lowest BCUT2D eigenvalue weighted by atomic mass is 10.4. The van der Waals surface area contributed by atoms with Gasteiger partial charge >= 0.3 is 5.97 Å². The van der Waals surface area contributed by atoms with Crippen LogP contribution in [0.5, 0.6) is 0 Å². The number of hydrogen-bond donors (Lipinski definition) is 2. The van der Waals surface area contributed by atoms with Gasteiger partial charge in [-0.25, -0.2) is 9.78 Å². The van der Waals surface area contributed by atoms with E-state index in [4.69, 9.17) is 5.11 Å². The zero-order valence-electron chi connectivity index (χ0n) is 8.90. The Labute approximate surface area is 97.1 Å². The molecular formula is C9H14N2O2S2. The van der Waals surface area contributed by atoms with Gasteiger partial charge in [-0.1, -0.05) is 11.3 Å². The third kappa shape index (κ3) is 3.39. The van der Waals surface area contributed by atoms with E-state index in [1.807, 2.05) is 13.2 Å². The Hall–Kier alpha value is -0.750. The van der Waals surface area contributed by atoms with Crippen molar-refractivity contribution < 1.29 is 9.90 Å². The molecule has 0 amide bonds. The maximum absolute atomic E-state index is 10.8. The number of aromatic carboxylic acids is 1. The minimum Gasteiger partial charge on any atom is -0.477 e. The lowest BCUT2D eigenvalue weighted by molar-refractivity contribution is 0.0701. The fraction of sp³-hybridized carbons (Fsp3) is 0.556. The highest BCUT2D eigenvalue weighted by Crippen LogP contribution is 2.23. The molecule has 0 aliphatic heterocycles. The molecule has 4 nitrogen and oxygen atoms in total. The topological polar surface area (TPSA) is 62.2 Å². The van der Waals surface area contributed by atoms with Crippen LogP contribution >= 0.6 is 23.1 Å². The number of thiazole rings is 1. The normalized spacial score (nSPS) is 12.5. The lowest BCUT2D eigenvalue weighted by Crippen LogP contribution is -2.17. The molecule has 1 unspecified atom stereocenters. The van der Waals surface area contributed by atoms with E-state index in [9.17, 15) is 4.79 Å². The van der Waals surface area contributed by atoms with Gasteiger partial charge < -0.3 is 10.4 Å². The van der Waals surface area contributed by atoms with Crippen molar-refractivity contribution in [1.29, 1.82) is 0 Å². The highest BCUT2D eigenvalue weighted by atomic mass is 32.2. The number of anilines is 1. The van der Waals surface area contributed by atoms with Gasteiger partial charge in [0.15, 0.2) is 5.13 Å². The largest absolute Gasteiger partial charge is 0.477 e. The summed E-state index contributed by atoms with van der Waals surface area (Å²) in [6, 6.07) is 0.298. The molecule has 1 rings (SSSR count). The van der Waals surface area contributed by atoms with E-state index in [2.05, 4.69) is 10.3 Å². The summed E-state index contributed by atoms with van der Waals surface area (Å²) in [6.07, 6.45) is 2.04. The first-order chi connectivity index (χ1) is 7.04. The van der Waals surface area contributed by atoms with Crippen LogP contribution in [0.3, 0.4) is 0 Å². The van der Waals surface area contributed by atoms with Gasteiger partial charge in [-0.3, -0.25) is 0 Å². The van der Waals surface area contributed by atoms with Crippen molar-refractivity contribution in [2.24, 2.45) is 0 Å². The second kappa shape index (κ2) is 5.37. The molecule has 6 heteroatoms. The number of carboxylic acids is 1. The smallest absolute Gasteiger partial charge is 0.347 e. The maximum atomic E-state index is 10.8. The number of aryl methyl sites for hydroxylation is 1. The Bertz CT molecular complexity index is 352. The van der Waals surface area contributed by atoms with E-state index >= 15 is 0 Å². The third-order valence-electron chi connectivity index (χ3n) is 1.78. The molecule has 0 aliphatic rings. The lowest BCUT2D eigenvalue weighted by Gasteiger charge is -2.10. The van der Waals surface area contributed by atoms with E-state index in [-0.39, 0.29) is 0 Å². The van der Waals surface area contributed by atoms with Crippen LogP contribution in [0.2, 0.25) is 0 Å². The fourth-order valence-electron chi connectivity index (χ4n) is 1.16. The second-order valence-electron chi connectivity index (χ2n) is 3.24. The van der Waals surface area contributed by atoms with Gasteiger partial charge in [0, 0.05) is 11.8 Å². The molecule has 0 saturated carbocycles. The summed E-state index contributed by atoms with van der Waals surface area (Å²) < 4.78 is 0. The van der Waals surface area contributed by atoms with Crippen molar-refractivity contribution in [3.8, 4) is 0 Å². The van der Waals surface area contributed by atoms with Crippen LogP contribution in [0.25, 0.3) is 0 Å². The number of carboxylic acid groups (broad SMARTS) is 1. The molecular weight excluding hydrogens is 232 g/mol. The monoisotopic (exact) mass is 246 g/mol. The minimum absolute atomic E-state index is 0.298. The number of thioether (sulfide) groups is 1. The van der Waals surface area contributed by atoms with E-state index in [0.717, 1.165) is 5.75 Å². The number of rotatable bonds is 5. The first-order valence-electron chi connectivity index (χ1n) is 4.50. The summed E-state index contributed by atoms with van der Waals surface area (Å²) in [5, 5.41) is 12.7. The molecule has 0 bridgehead atoms. The van der Waals surface area contributed by atoms with Crippen molar-refractivity contribution in [3.05, 3.63) is 10.6 Å². The minimum atomic E-state index is -0.907. The molecule has 1 aromatic rings. The molecule has 1 aromatic heterocycles. The molecule has 0 saturated heterocycles. The molecule has 1 heterocycles. The van der Waals surface area contributed by atoms with Crippen LogP contribution in [-0.2, 0) is 0 Å². The SMILES string of the molecule is CSCC(C)Nc1nc(C)c(C(=O)O)s1. The third-order valence-corrected chi connectivity index (χ3v) is 3.69. The van der Waals surface area contributed by atoms with Crippen LogP contribution in [0.15, 0.2) is 0 Å². The number of nitrogens with zero attached hydrogens (tertiary/aromatic N) is 1. The van der Waals surface area contributed by atoms with Crippen molar-refractivity contribution in [2.45, 2.75) is 19.9 Å². The standard InChI is InChI=1S/C9H14N2O2S2/c1-5(4-14-3)10-9-11-6(2)7(15-9)8(12)13/h5H,4H2,1-3H3,(H,10,11)(H,12,13). The Balaban J connectivity index is 2.71. The van der Waals surface area contributed by atoms with Gasteiger partial charge in [0.05, 0.1) is 5.69 Å². The Kier molecular flexibility index (Phi) is 4.41. The molecule has 0 fully saturated rings. The van der Waals surface area contributed by atoms with E-state index in [1.54, 1.807) is 18.7 Å². The predicted octanol–water partition coefficient (Wildman–Crippen LogP) is 2.31. The Morgan fingerprint density at radius 3 is 2.87 bits per heavy atom. The summed E-state index contributed by atoms with van der Waals surface area (Å²) >= 11 is 2.94. The van der Waals surface area contributed by atoms with E-state index in [0.29, 0.717) is 21.7 Å². The zero-order chi connectivity index (χ0) is 11.4. The predicted molar refractivity (Wildman–Crippen MR) is 65.3 cm³/mol. The average molecular weight is 246 g/mol. The van der Waals surface area contributed by atoms with Gasteiger partial charge in [0.2, 0.25) is 0 Å². The Morgan fingerprint density at radius 2 is 2.40 bits per heavy atom. The highest BCUT2D eigenvalue weighted by molar-refractivity contribution is 7.98. The number of aromatic nitrogens is 1. The number of nitrogens with one attached hydrogen (secondary N) is 1. The molecule has 84 valence electrons. The molecule has 2 N–H and O–H groups in total. The van der Waals surface area contributed by atoms with Crippen LogP contribution in [-0.4, -0.2) is 34.1 Å². The van der Waals surface area contributed by atoms with Crippen LogP contribution in [0.1, 0.15) is 22.3 Å². The van der Waals surface area contributed by atoms with E-state index < -0.39 is 5.97 Å².